The van der Waals surface area contributed by atoms with Crippen molar-refractivity contribution in [2.45, 2.75) is 25.5 Å². The van der Waals surface area contributed by atoms with Gasteiger partial charge < -0.3 is 18.9 Å². The van der Waals surface area contributed by atoms with E-state index in [1.165, 1.54) is 0 Å². The maximum absolute atomic E-state index is 13.4. The molecule has 1 aromatic rings. The van der Waals surface area contributed by atoms with Gasteiger partial charge >= 0.3 is 0 Å². The van der Waals surface area contributed by atoms with Crippen molar-refractivity contribution in [2.24, 2.45) is 11.8 Å². The molecule has 1 aromatic carbocycles. The molecule has 3 atom stereocenters. The van der Waals surface area contributed by atoms with Crippen LogP contribution in [0.4, 0.5) is 0 Å². The quantitative estimate of drug-likeness (QED) is 0.668. The summed E-state index contributed by atoms with van der Waals surface area (Å²) in [5, 5.41) is 0.247. The second kappa shape index (κ2) is 7.89. The number of methoxy groups -OCH3 is 4. The van der Waals surface area contributed by atoms with Crippen LogP contribution in [0.15, 0.2) is 34.4 Å². The van der Waals surface area contributed by atoms with E-state index < -0.39 is 0 Å². The van der Waals surface area contributed by atoms with Gasteiger partial charge in [0.2, 0.25) is 5.75 Å². The zero-order valence-electron chi connectivity index (χ0n) is 16.6. The first-order chi connectivity index (χ1) is 12.9. The molecule has 0 N–H and O–H groups in total. The zero-order valence-corrected chi connectivity index (χ0v) is 17.4. The van der Waals surface area contributed by atoms with Crippen LogP contribution in [0.2, 0.25) is 0 Å². The van der Waals surface area contributed by atoms with Gasteiger partial charge in [0, 0.05) is 28.2 Å². The minimum absolute atomic E-state index is 0.0215. The molecule has 0 radical (unpaired) electrons. The third kappa shape index (κ3) is 3.43. The van der Waals surface area contributed by atoms with E-state index in [0.717, 1.165) is 22.7 Å². The molecule has 0 bridgehead atoms. The van der Waals surface area contributed by atoms with Crippen molar-refractivity contribution in [3.63, 3.8) is 0 Å². The number of carbonyl (C=O) groups is 1. The van der Waals surface area contributed by atoms with Crippen LogP contribution < -0.4 is 14.2 Å². The van der Waals surface area contributed by atoms with Crippen molar-refractivity contribution < 1.29 is 23.7 Å². The minimum atomic E-state index is 0.0215. The van der Waals surface area contributed by atoms with Gasteiger partial charge in [0.15, 0.2) is 17.3 Å². The summed E-state index contributed by atoms with van der Waals surface area (Å²) < 4.78 is 21.7. The molecular formula is C21H26O5S. The van der Waals surface area contributed by atoms with E-state index in [1.807, 2.05) is 6.92 Å². The normalized spacial score (nSPS) is 24.2. The summed E-state index contributed by atoms with van der Waals surface area (Å²) in [4.78, 5) is 14.5. The Morgan fingerprint density at radius 3 is 2.19 bits per heavy atom. The Morgan fingerprint density at radius 1 is 1.04 bits per heavy atom. The molecule has 27 heavy (non-hydrogen) atoms. The first-order valence-corrected chi connectivity index (χ1v) is 9.80. The SMILES string of the molecule is COC1=CC2SC(C)=C(C(=O)c3cc(OC)c(OC)c(OC)c3)C2CC1C. The van der Waals surface area contributed by atoms with Crippen LogP contribution in [0.1, 0.15) is 30.6 Å². The fourth-order valence-electron chi connectivity index (χ4n) is 3.97. The molecule has 5 nitrogen and oxygen atoms in total. The molecule has 0 amide bonds. The van der Waals surface area contributed by atoms with E-state index in [9.17, 15) is 4.79 Å². The topological polar surface area (TPSA) is 54.0 Å². The monoisotopic (exact) mass is 390 g/mol. The van der Waals surface area contributed by atoms with E-state index in [4.69, 9.17) is 18.9 Å². The molecule has 3 rings (SSSR count). The Bertz CT molecular complexity index is 786. The van der Waals surface area contributed by atoms with Crippen LogP contribution in [-0.2, 0) is 4.74 Å². The Hall–Kier alpha value is -2.08. The lowest BCUT2D eigenvalue weighted by Crippen LogP contribution is -2.26. The molecule has 1 aliphatic carbocycles. The maximum atomic E-state index is 13.4. The number of benzene rings is 1. The van der Waals surface area contributed by atoms with Crippen LogP contribution in [0.5, 0.6) is 17.2 Å². The lowest BCUT2D eigenvalue weighted by atomic mass is 9.79. The number of allylic oxidation sites excluding steroid dienone is 3. The van der Waals surface area contributed by atoms with Crippen molar-refractivity contribution in [3.05, 3.63) is 40.0 Å². The van der Waals surface area contributed by atoms with Gasteiger partial charge in [-0.2, -0.15) is 0 Å². The van der Waals surface area contributed by atoms with Gasteiger partial charge in [0.1, 0.15) is 0 Å². The van der Waals surface area contributed by atoms with Gasteiger partial charge in [-0.1, -0.05) is 6.92 Å². The molecule has 1 aliphatic heterocycles. The van der Waals surface area contributed by atoms with Gasteiger partial charge in [-0.05, 0) is 36.5 Å². The summed E-state index contributed by atoms with van der Waals surface area (Å²) >= 11 is 1.74. The van der Waals surface area contributed by atoms with E-state index in [1.54, 1.807) is 52.3 Å². The maximum Gasteiger partial charge on any atom is 0.203 e. The summed E-state index contributed by atoms with van der Waals surface area (Å²) in [5.41, 5.74) is 1.44. The number of fused-ring (bicyclic) bond motifs is 1. The average Bonchev–Trinajstić information content (AvgIpc) is 2.99. The second-order valence-electron chi connectivity index (χ2n) is 6.81. The van der Waals surface area contributed by atoms with Crippen LogP contribution in [0.3, 0.4) is 0 Å². The van der Waals surface area contributed by atoms with Crippen molar-refractivity contribution >= 4 is 17.5 Å². The summed E-state index contributed by atoms with van der Waals surface area (Å²) in [7, 11) is 6.37. The number of Topliss-reactive ketones (excluding diaryl/α,β-unsaturated/α-hetero) is 1. The highest BCUT2D eigenvalue weighted by molar-refractivity contribution is 8.04. The van der Waals surface area contributed by atoms with E-state index in [0.29, 0.717) is 28.7 Å². The summed E-state index contributed by atoms with van der Waals surface area (Å²) in [6, 6.07) is 3.45. The summed E-state index contributed by atoms with van der Waals surface area (Å²) in [6.07, 6.45) is 3.07. The number of hydrogen-bond acceptors (Lipinski definition) is 6. The first-order valence-electron chi connectivity index (χ1n) is 8.92. The molecule has 0 aromatic heterocycles. The number of thioether (sulfide) groups is 1. The van der Waals surface area contributed by atoms with Gasteiger partial charge in [0.25, 0.3) is 0 Å². The summed E-state index contributed by atoms with van der Waals surface area (Å²) in [5.74, 6) is 2.98. The Kier molecular flexibility index (Phi) is 5.75. The molecule has 146 valence electrons. The lowest BCUT2D eigenvalue weighted by molar-refractivity contribution is 0.101. The van der Waals surface area contributed by atoms with Crippen LogP contribution in [-0.4, -0.2) is 39.5 Å². The van der Waals surface area contributed by atoms with Crippen LogP contribution >= 0.6 is 11.8 Å². The molecule has 0 saturated heterocycles. The van der Waals surface area contributed by atoms with E-state index in [2.05, 4.69) is 13.0 Å². The molecule has 0 spiro atoms. The number of rotatable bonds is 6. The van der Waals surface area contributed by atoms with Gasteiger partial charge in [-0.3, -0.25) is 4.79 Å². The van der Waals surface area contributed by atoms with Gasteiger partial charge in [0.05, 0.1) is 34.2 Å². The smallest absolute Gasteiger partial charge is 0.203 e. The molecule has 2 aliphatic rings. The molecule has 6 heteroatoms. The predicted molar refractivity (Wildman–Crippen MR) is 107 cm³/mol. The molecule has 0 saturated carbocycles. The van der Waals surface area contributed by atoms with Gasteiger partial charge in [-0.15, -0.1) is 11.8 Å². The summed E-state index contributed by atoms with van der Waals surface area (Å²) in [6.45, 7) is 4.17. The zero-order chi connectivity index (χ0) is 19.7. The molecule has 0 fully saturated rings. The minimum Gasteiger partial charge on any atom is -0.501 e. The molecule has 3 unspecified atom stereocenters. The van der Waals surface area contributed by atoms with Crippen molar-refractivity contribution in [2.75, 3.05) is 28.4 Å². The third-order valence-electron chi connectivity index (χ3n) is 5.29. The van der Waals surface area contributed by atoms with E-state index in [-0.39, 0.29) is 17.0 Å². The Balaban J connectivity index is 1.99. The van der Waals surface area contributed by atoms with Crippen molar-refractivity contribution in [3.8, 4) is 17.2 Å². The second-order valence-corrected chi connectivity index (χ2v) is 8.20. The lowest BCUT2D eigenvalue weighted by Gasteiger charge is -2.29. The van der Waals surface area contributed by atoms with Crippen molar-refractivity contribution in [1.82, 2.24) is 0 Å². The molecular weight excluding hydrogens is 364 g/mol. The predicted octanol–water partition coefficient (Wildman–Crippen LogP) is 4.47. The number of ketones is 1. The third-order valence-corrected chi connectivity index (χ3v) is 6.60. The highest BCUT2D eigenvalue weighted by Gasteiger charge is 2.41. The largest absolute Gasteiger partial charge is 0.501 e. The first kappa shape index (κ1) is 19.7. The van der Waals surface area contributed by atoms with Crippen LogP contribution in [0.25, 0.3) is 0 Å². The fraction of sp³-hybridized carbons (Fsp3) is 0.476. The number of hydrogen-bond donors (Lipinski definition) is 0. The average molecular weight is 391 g/mol. The number of carbonyl (C=O) groups excluding carboxylic acids is 1. The Labute approximate surface area is 164 Å². The van der Waals surface area contributed by atoms with Gasteiger partial charge in [-0.25, -0.2) is 0 Å². The van der Waals surface area contributed by atoms with E-state index >= 15 is 0 Å². The highest BCUT2D eigenvalue weighted by Crippen LogP contribution is 2.50. The standard InChI is InChI=1S/C21H26O5S/c1-11-7-14-18(10-15(11)23-3)27-12(2)19(14)20(22)13-8-16(24-4)21(26-6)17(9-13)25-5/h8-11,14,18H,7H2,1-6H3. The number of ether oxygens (including phenoxy) is 4. The fourth-order valence-corrected chi connectivity index (χ4v) is 5.36. The Morgan fingerprint density at radius 2 is 1.67 bits per heavy atom. The van der Waals surface area contributed by atoms with Crippen LogP contribution in [0, 0.1) is 11.8 Å². The molecule has 1 heterocycles. The van der Waals surface area contributed by atoms with Crippen molar-refractivity contribution in [1.29, 1.82) is 0 Å². The highest BCUT2D eigenvalue weighted by atomic mass is 32.2.